The van der Waals surface area contributed by atoms with Crippen molar-refractivity contribution in [1.29, 1.82) is 0 Å². The summed E-state index contributed by atoms with van der Waals surface area (Å²) >= 11 is 0. The lowest BCUT2D eigenvalue weighted by Crippen LogP contribution is -2.45. The minimum Gasteiger partial charge on any atom is -0.394 e. The van der Waals surface area contributed by atoms with Crippen molar-refractivity contribution >= 4 is 5.91 Å². The van der Waals surface area contributed by atoms with Crippen LogP contribution in [0.15, 0.2) is 24.3 Å². The van der Waals surface area contributed by atoms with Crippen LogP contribution in [0.3, 0.4) is 0 Å². The number of carbonyl (C=O) groups is 1. The summed E-state index contributed by atoms with van der Waals surface area (Å²) in [6, 6.07) is 8.24. The van der Waals surface area contributed by atoms with Crippen LogP contribution in [0.1, 0.15) is 31.0 Å². The van der Waals surface area contributed by atoms with Crippen LogP contribution in [0.2, 0.25) is 0 Å². The van der Waals surface area contributed by atoms with E-state index in [0.717, 1.165) is 18.5 Å². The zero-order chi connectivity index (χ0) is 13.8. The molecule has 4 nitrogen and oxygen atoms in total. The van der Waals surface area contributed by atoms with Crippen LogP contribution in [0, 0.1) is 0 Å². The number of amides is 1. The van der Waals surface area contributed by atoms with Crippen LogP contribution in [-0.2, 0) is 11.2 Å². The molecule has 1 atom stereocenters. The molecule has 1 aromatic rings. The molecule has 19 heavy (non-hydrogen) atoms. The number of hydrogen-bond acceptors (Lipinski definition) is 3. The maximum atomic E-state index is 11.9. The molecule has 1 aliphatic rings. The molecule has 1 aliphatic heterocycles. The van der Waals surface area contributed by atoms with E-state index in [2.05, 4.69) is 16.3 Å². The summed E-state index contributed by atoms with van der Waals surface area (Å²) in [7, 11) is 0. The first-order chi connectivity index (χ1) is 9.11. The van der Waals surface area contributed by atoms with Crippen LogP contribution < -0.4 is 5.32 Å². The minimum atomic E-state index is -0.0668. The Kier molecular flexibility index (Phi) is 4.56. The molecule has 1 amide bonds. The first kappa shape index (κ1) is 14.0. The Bertz CT molecular complexity index is 446. The summed E-state index contributed by atoms with van der Waals surface area (Å²) in [5.74, 6) is 0.0211. The molecule has 0 saturated carbocycles. The molecule has 0 spiro atoms. The molecule has 0 radical (unpaired) electrons. The van der Waals surface area contributed by atoms with Gasteiger partial charge in [0.15, 0.2) is 0 Å². The molecular weight excluding hydrogens is 240 g/mol. The number of fused-ring (bicyclic) bond motifs is 1. The first-order valence-electron chi connectivity index (χ1n) is 6.84. The molecule has 1 unspecified atom stereocenters. The number of nitrogens with one attached hydrogen (secondary N) is 1. The number of rotatable bonds is 4. The van der Waals surface area contributed by atoms with Crippen LogP contribution in [0.4, 0.5) is 0 Å². The second-order valence-electron chi connectivity index (χ2n) is 5.34. The molecule has 4 heteroatoms. The topological polar surface area (TPSA) is 52.6 Å². The van der Waals surface area contributed by atoms with Crippen molar-refractivity contribution in [3.63, 3.8) is 0 Å². The van der Waals surface area contributed by atoms with Gasteiger partial charge in [-0.1, -0.05) is 24.3 Å². The summed E-state index contributed by atoms with van der Waals surface area (Å²) in [6.45, 7) is 5.11. The maximum Gasteiger partial charge on any atom is 0.234 e. The average Bonchev–Trinajstić information content (AvgIpc) is 2.37. The standard InChI is InChI=1S/C15H22N2O2/c1-11(2)16-15(19)9-17-8-7-12-5-3-4-6-13(12)14(17)10-18/h3-6,11,14,18H,7-10H2,1-2H3,(H,16,19). The van der Waals surface area contributed by atoms with E-state index in [1.807, 2.05) is 32.0 Å². The number of aliphatic hydroxyl groups excluding tert-OH is 1. The lowest BCUT2D eigenvalue weighted by Gasteiger charge is -2.35. The van der Waals surface area contributed by atoms with Crippen molar-refractivity contribution in [3.8, 4) is 0 Å². The Balaban J connectivity index is 2.09. The summed E-state index contributed by atoms with van der Waals surface area (Å²) in [5.41, 5.74) is 2.43. The Morgan fingerprint density at radius 2 is 2.21 bits per heavy atom. The summed E-state index contributed by atoms with van der Waals surface area (Å²) in [6.07, 6.45) is 0.932. The van der Waals surface area contributed by atoms with Crippen molar-refractivity contribution in [3.05, 3.63) is 35.4 Å². The smallest absolute Gasteiger partial charge is 0.234 e. The highest BCUT2D eigenvalue weighted by Gasteiger charge is 2.27. The zero-order valence-corrected chi connectivity index (χ0v) is 11.6. The number of benzene rings is 1. The molecular formula is C15H22N2O2. The molecule has 0 fully saturated rings. The molecule has 0 aliphatic carbocycles. The van der Waals surface area contributed by atoms with Gasteiger partial charge in [-0.2, -0.15) is 0 Å². The Hall–Kier alpha value is -1.39. The van der Waals surface area contributed by atoms with E-state index in [4.69, 9.17) is 0 Å². The summed E-state index contributed by atoms with van der Waals surface area (Å²) in [5, 5.41) is 12.5. The largest absolute Gasteiger partial charge is 0.394 e. The highest BCUT2D eigenvalue weighted by Crippen LogP contribution is 2.28. The second kappa shape index (κ2) is 6.17. The van der Waals surface area contributed by atoms with Gasteiger partial charge >= 0.3 is 0 Å². The van der Waals surface area contributed by atoms with Gasteiger partial charge in [-0.15, -0.1) is 0 Å². The summed E-state index contributed by atoms with van der Waals surface area (Å²) in [4.78, 5) is 13.9. The predicted octanol–water partition coefficient (Wildman–Crippen LogP) is 1.10. The van der Waals surface area contributed by atoms with Crippen molar-refractivity contribution in [2.75, 3.05) is 19.7 Å². The zero-order valence-electron chi connectivity index (χ0n) is 11.6. The normalized spacial score (nSPS) is 19.3. The fourth-order valence-corrected chi connectivity index (χ4v) is 2.66. The van der Waals surface area contributed by atoms with Crippen molar-refractivity contribution in [1.82, 2.24) is 10.2 Å². The summed E-state index contributed by atoms with van der Waals surface area (Å²) < 4.78 is 0. The van der Waals surface area contributed by atoms with Gasteiger partial charge in [0.05, 0.1) is 19.2 Å². The lowest BCUT2D eigenvalue weighted by atomic mass is 9.93. The fraction of sp³-hybridized carbons (Fsp3) is 0.533. The average molecular weight is 262 g/mol. The molecule has 1 aromatic carbocycles. The number of carbonyl (C=O) groups excluding carboxylic acids is 1. The highest BCUT2D eigenvalue weighted by molar-refractivity contribution is 5.78. The number of hydrogen-bond donors (Lipinski definition) is 2. The van der Waals surface area contributed by atoms with Crippen LogP contribution in [0.5, 0.6) is 0 Å². The molecule has 2 N–H and O–H groups in total. The SMILES string of the molecule is CC(C)NC(=O)CN1CCc2ccccc2C1CO. The molecule has 0 bridgehead atoms. The van der Waals surface area contributed by atoms with Gasteiger partial charge in [-0.05, 0) is 31.4 Å². The number of aliphatic hydroxyl groups is 1. The van der Waals surface area contributed by atoms with Crippen LogP contribution >= 0.6 is 0 Å². The van der Waals surface area contributed by atoms with Crippen molar-refractivity contribution < 1.29 is 9.90 Å². The second-order valence-corrected chi connectivity index (χ2v) is 5.34. The fourth-order valence-electron chi connectivity index (χ4n) is 2.66. The Morgan fingerprint density at radius 1 is 1.47 bits per heavy atom. The van der Waals surface area contributed by atoms with E-state index < -0.39 is 0 Å². The van der Waals surface area contributed by atoms with Gasteiger partial charge in [0.1, 0.15) is 0 Å². The van der Waals surface area contributed by atoms with E-state index in [9.17, 15) is 9.90 Å². The van der Waals surface area contributed by atoms with Gasteiger partial charge in [-0.3, -0.25) is 9.69 Å². The molecule has 2 rings (SSSR count). The first-order valence-corrected chi connectivity index (χ1v) is 6.84. The lowest BCUT2D eigenvalue weighted by molar-refractivity contribution is -0.123. The monoisotopic (exact) mass is 262 g/mol. The quantitative estimate of drug-likeness (QED) is 0.854. The Labute approximate surface area is 114 Å². The van der Waals surface area contributed by atoms with E-state index >= 15 is 0 Å². The molecule has 104 valence electrons. The van der Waals surface area contributed by atoms with Gasteiger partial charge < -0.3 is 10.4 Å². The number of nitrogens with zero attached hydrogens (tertiary/aromatic N) is 1. The van der Waals surface area contributed by atoms with E-state index in [1.54, 1.807) is 0 Å². The van der Waals surface area contributed by atoms with E-state index in [-0.39, 0.29) is 24.6 Å². The van der Waals surface area contributed by atoms with Crippen LogP contribution in [0.25, 0.3) is 0 Å². The van der Waals surface area contributed by atoms with Gasteiger partial charge in [0.25, 0.3) is 0 Å². The Morgan fingerprint density at radius 3 is 2.89 bits per heavy atom. The maximum absolute atomic E-state index is 11.9. The third kappa shape index (κ3) is 3.33. The highest BCUT2D eigenvalue weighted by atomic mass is 16.3. The van der Waals surface area contributed by atoms with Crippen molar-refractivity contribution in [2.45, 2.75) is 32.4 Å². The van der Waals surface area contributed by atoms with E-state index in [1.165, 1.54) is 5.56 Å². The van der Waals surface area contributed by atoms with Gasteiger partial charge in [0, 0.05) is 12.6 Å². The van der Waals surface area contributed by atoms with Crippen LogP contribution in [-0.4, -0.2) is 41.7 Å². The molecule has 0 aromatic heterocycles. The van der Waals surface area contributed by atoms with Crippen molar-refractivity contribution in [2.24, 2.45) is 0 Å². The molecule has 0 saturated heterocycles. The third-order valence-corrected chi connectivity index (χ3v) is 3.49. The van der Waals surface area contributed by atoms with Gasteiger partial charge in [-0.25, -0.2) is 0 Å². The van der Waals surface area contributed by atoms with E-state index in [0.29, 0.717) is 6.54 Å². The predicted molar refractivity (Wildman–Crippen MR) is 74.8 cm³/mol. The minimum absolute atomic E-state index is 0.0211. The van der Waals surface area contributed by atoms with Gasteiger partial charge in [0.2, 0.25) is 5.91 Å². The third-order valence-electron chi connectivity index (χ3n) is 3.49. The molecule has 1 heterocycles.